The highest BCUT2D eigenvalue weighted by Gasteiger charge is 2.25. The first-order valence-electron chi connectivity index (χ1n) is 5.52. The molecule has 1 fully saturated rings. The summed E-state index contributed by atoms with van der Waals surface area (Å²) in [5.74, 6) is -1.04. The maximum atomic E-state index is 11.9. The molecule has 2 heterocycles. The molecule has 18 heavy (non-hydrogen) atoms. The third kappa shape index (κ3) is 2.62. The van der Waals surface area contributed by atoms with Crippen LogP contribution in [0, 0.1) is 0 Å². The molecule has 0 aliphatic carbocycles. The van der Waals surface area contributed by atoms with Crippen molar-refractivity contribution in [2.24, 2.45) is 0 Å². The van der Waals surface area contributed by atoms with Crippen LogP contribution >= 0.6 is 11.3 Å². The molecule has 2 N–H and O–H groups in total. The number of rotatable bonds is 3. The average molecular weight is 270 g/mol. The lowest BCUT2D eigenvalue weighted by Crippen LogP contribution is -2.40. The molecule has 1 unspecified atom stereocenters. The van der Waals surface area contributed by atoms with Crippen molar-refractivity contribution in [1.29, 1.82) is 0 Å². The van der Waals surface area contributed by atoms with Gasteiger partial charge in [0.2, 0.25) is 0 Å². The van der Waals surface area contributed by atoms with Crippen LogP contribution in [-0.2, 0) is 4.74 Å². The molecule has 1 aliphatic rings. The van der Waals surface area contributed by atoms with Crippen molar-refractivity contribution in [3.63, 3.8) is 0 Å². The molecule has 98 valence electrons. The molecule has 0 radical (unpaired) electrons. The normalized spacial score (nSPS) is 18.6. The number of carbonyl (C=O) groups excluding carboxylic acids is 1. The number of carboxylic acids is 1. The smallest absolute Gasteiger partial charge is 0.338 e. The van der Waals surface area contributed by atoms with Crippen molar-refractivity contribution in [2.45, 2.75) is 12.5 Å². The van der Waals surface area contributed by atoms with Gasteiger partial charge in [-0.15, -0.1) is 11.3 Å². The largest absolute Gasteiger partial charge is 0.478 e. The Labute approximate surface area is 108 Å². The number of amides is 2. The Morgan fingerprint density at radius 1 is 1.61 bits per heavy atom. The number of carbonyl (C=O) groups is 2. The van der Waals surface area contributed by atoms with Gasteiger partial charge in [0.05, 0.1) is 18.2 Å². The number of nitrogens with zero attached hydrogens (tertiary/aromatic N) is 1. The number of hydrogen-bond donors (Lipinski definition) is 2. The van der Waals surface area contributed by atoms with Crippen molar-refractivity contribution in [2.75, 3.05) is 25.6 Å². The van der Waals surface area contributed by atoms with Gasteiger partial charge >= 0.3 is 12.0 Å². The van der Waals surface area contributed by atoms with E-state index < -0.39 is 5.97 Å². The van der Waals surface area contributed by atoms with E-state index in [1.54, 1.807) is 17.3 Å². The number of nitrogens with one attached hydrogen (secondary N) is 1. The first-order chi connectivity index (χ1) is 8.59. The van der Waals surface area contributed by atoms with Crippen LogP contribution in [0.2, 0.25) is 0 Å². The van der Waals surface area contributed by atoms with Crippen LogP contribution in [0.25, 0.3) is 0 Å². The zero-order valence-corrected chi connectivity index (χ0v) is 10.7. The fourth-order valence-corrected chi connectivity index (χ4v) is 2.52. The Hall–Kier alpha value is -1.60. The van der Waals surface area contributed by atoms with E-state index in [-0.39, 0.29) is 17.6 Å². The SMILES string of the molecule is CN(C(=O)Nc1sccc1C(=O)O)C1CCOC1. The van der Waals surface area contributed by atoms with Crippen LogP contribution in [0.5, 0.6) is 0 Å². The Balaban J connectivity index is 2.02. The summed E-state index contributed by atoms with van der Waals surface area (Å²) in [6, 6.07) is 1.22. The topological polar surface area (TPSA) is 78.9 Å². The first-order valence-corrected chi connectivity index (χ1v) is 6.40. The Morgan fingerprint density at radius 2 is 2.39 bits per heavy atom. The molecule has 0 aromatic carbocycles. The fraction of sp³-hybridized carbons (Fsp3) is 0.455. The van der Waals surface area contributed by atoms with Crippen molar-refractivity contribution < 1.29 is 19.4 Å². The van der Waals surface area contributed by atoms with E-state index >= 15 is 0 Å². The summed E-state index contributed by atoms with van der Waals surface area (Å²) in [5, 5.41) is 13.6. The number of aromatic carboxylic acids is 1. The van der Waals surface area contributed by atoms with E-state index in [4.69, 9.17) is 9.84 Å². The van der Waals surface area contributed by atoms with Gasteiger partial charge in [0.15, 0.2) is 0 Å². The van der Waals surface area contributed by atoms with Crippen molar-refractivity contribution in [1.82, 2.24) is 4.90 Å². The van der Waals surface area contributed by atoms with Gasteiger partial charge < -0.3 is 14.7 Å². The van der Waals surface area contributed by atoms with Gasteiger partial charge in [0.1, 0.15) is 5.00 Å². The minimum atomic E-state index is -1.04. The number of likely N-dealkylation sites (N-methyl/N-ethyl adjacent to an activating group) is 1. The predicted octanol–water partition coefficient (Wildman–Crippen LogP) is 1.70. The Bertz CT molecular complexity index is 454. The van der Waals surface area contributed by atoms with E-state index in [1.807, 2.05) is 0 Å². The second-order valence-corrected chi connectivity index (χ2v) is 4.94. The molecule has 7 heteroatoms. The van der Waals surface area contributed by atoms with Gasteiger partial charge in [-0.25, -0.2) is 9.59 Å². The Morgan fingerprint density at radius 3 is 3.00 bits per heavy atom. The zero-order chi connectivity index (χ0) is 13.1. The lowest BCUT2D eigenvalue weighted by molar-refractivity contribution is 0.0698. The number of ether oxygens (including phenoxy) is 1. The van der Waals surface area contributed by atoms with E-state index in [9.17, 15) is 9.59 Å². The van der Waals surface area contributed by atoms with Crippen molar-refractivity contribution >= 4 is 28.3 Å². The minimum absolute atomic E-state index is 0.0539. The van der Waals surface area contributed by atoms with Gasteiger partial charge in [-0.1, -0.05) is 0 Å². The summed E-state index contributed by atoms with van der Waals surface area (Å²) >= 11 is 1.20. The second kappa shape index (κ2) is 5.36. The van der Waals surface area contributed by atoms with Gasteiger partial charge in [0, 0.05) is 13.7 Å². The maximum absolute atomic E-state index is 11.9. The summed E-state index contributed by atoms with van der Waals surface area (Å²) in [7, 11) is 1.68. The van der Waals surface area contributed by atoms with Crippen LogP contribution in [0.1, 0.15) is 16.8 Å². The summed E-state index contributed by atoms with van der Waals surface area (Å²) < 4.78 is 5.21. The van der Waals surface area contributed by atoms with Crippen LogP contribution in [-0.4, -0.2) is 48.3 Å². The van der Waals surface area contributed by atoms with Gasteiger partial charge in [-0.2, -0.15) is 0 Å². The number of urea groups is 1. The van der Waals surface area contributed by atoms with E-state index in [0.717, 1.165) is 6.42 Å². The molecule has 1 aromatic heterocycles. The third-order valence-corrected chi connectivity index (χ3v) is 3.72. The number of anilines is 1. The lowest BCUT2D eigenvalue weighted by atomic mass is 10.2. The summed E-state index contributed by atoms with van der Waals surface area (Å²) in [5.41, 5.74) is 0.115. The van der Waals surface area contributed by atoms with Gasteiger partial charge in [0.25, 0.3) is 0 Å². The Kier molecular flexibility index (Phi) is 3.83. The monoisotopic (exact) mass is 270 g/mol. The first kappa shape index (κ1) is 12.8. The highest BCUT2D eigenvalue weighted by atomic mass is 32.1. The number of carboxylic acid groups (broad SMARTS) is 1. The molecule has 6 nitrogen and oxygen atoms in total. The van der Waals surface area contributed by atoms with E-state index in [0.29, 0.717) is 18.2 Å². The van der Waals surface area contributed by atoms with Crippen LogP contribution in [0.4, 0.5) is 9.80 Å². The average Bonchev–Trinajstić information content (AvgIpc) is 2.98. The van der Waals surface area contributed by atoms with Crippen LogP contribution in [0.15, 0.2) is 11.4 Å². The second-order valence-electron chi connectivity index (χ2n) is 4.03. The molecular weight excluding hydrogens is 256 g/mol. The standard InChI is InChI=1S/C11H14N2O4S/c1-13(7-2-4-17-6-7)11(16)12-9-8(10(14)15)3-5-18-9/h3,5,7H,2,4,6H2,1H3,(H,12,16)(H,14,15). The molecule has 0 bridgehead atoms. The molecule has 1 saturated heterocycles. The highest BCUT2D eigenvalue weighted by Crippen LogP contribution is 2.24. The van der Waals surface area contributed by atoms with E-state index in [2.05, 4.69) is 5.32 Å². The molecule has 0 spiro atoms. The molecule has 2 rings (SSSR count). The molecule has 1 aromatic rings. The lowest BCUT2D eigenvalue weighted by Gasteiger charge is -2.23. The summed E-state index contributed by atoms with van der Waals surface area (Å²) in [6.45, 7) is 1.18. The van der Waals surface area contributed by atoms with Crippen molar-refractivity contribution in [3.05, 3.63) is 17.0 Å². The van der Waals surface area contributed by atoms with Gasteiger partial charge in [-0.3, -0.25) is 5.32 Å². The molecule has 1 aliphatic heterocycles. The third-order valence-electron chi connectivity index (χ3n) is 2.89. The number of thiophene rings is 1. The molecule has 2 amide bonds. The fourth-order valence-electron chi connectivity index (χ4n) is 1.75. The minimum Gasteiger partial charge on any atom is -0.478 e. The van der Waals surface area contributed by atoms with Crippen LogP contribution in [0.3, 0.4) is 0 Å². The maximum Gasteiger partial charge on any atom is 0.338 e. The summed E-state index contributed by atoms with van der Waals surface area (Å²) in [4.78, 5) is 24.4. The number of hydrogen-bond acceptors (Lipinski definition) is 4. The molecular formula is C11H14N2O4S. The van der Waals surface area contributed by atoms with Crippen molar-refractivity contribution in [3.8, 4) is 0 Å². The highest BCUT2D eigenvalue weighted by molar-refractivity contribution is 7.14. The summed E-state index contributed by atoms with van der Waals surface area (Å²) in [6.07, 6.45) is 0.806. The van der Waals surface area contributed by atoms with E-state index in [1.165, 1.54) is 17.4 Å². The molecule has 0 saturated carbocycles. The quantitative estimate of drug-likeness (QED) is 0.876. The van der Waals surface area contributed by atoms with Gasteiger partial charge in [-0.05, 0) is 17.9 Å². The van der Waals surface area contributed by atoms with Crippen LogP contribution < -0.4 is 5.32 Å². The zero-order valence-electron chi connectivity index (χ0n) is 9.88. The molecule has 1 atom stereocenters. The predicted molar refractivity (Wildman–Crippen MR) is 67.3 cm³/mol.